The summed E-state index contributed by atoms with van der Waals surface area (Å²) in [6.07, 6.45) is 4.73. The number of H-pyrrole nitrogens is 2. The fraction of sp³-hybridized carbons (Fsp3) is 0.470. The minimum atomic E-state index is -1.82. The van der Waals surface area contributed by atoms with Gasteiger partial charge in [0.05, 0.1) is 19.5 Å². The Hall–Kier alpha value is -10.0. The normalized spacial score (nSPS) is 16.3. The monoisotopic (exact) mass is 1410 g/mol. The van der Waals surface area contributed by atoms with Crippen LogP contribution in [0.3, 0.4) is 0 Å². The number of halogens is 2. The molecule has 4 heterocycles. The number of amides is 11. The topological polar surface area (TPSA) is 478 Å². The van der Waals surface area contributed by atoms with Crippen LogP contribution in [-0.4, -0.2) is 206 Å². The first-order valence-corrected chi connectivity index (χ1v) is 33.7. The Morgan fingerprint density at radius 2 is 1.25 bits per heavy atom. The van der Waals surface area contributed by atoms with Gasteiger partial charge in [0, 0.05) is 105 Å². The number of benzene rings is 3. The Morgan fingerprint density at radius 3 is 1.82 bits per heavy atom. The first-order chi connectivity index (χ1) is 47.4. The zero-order valence-electron chi connectivity index (χ0n) is 55.0. The second-order valence-electron chi connectivity index (χ2n) is 24.7. The van der Waals surface area contributed by atoms with Crippen LogP contribution in [0.25, 0.3) is 10.9 Å². The standard InChI is InChI=1S/C66H88Cl2N18O13/c1-37(2)27-48(58(92)78-47(9-5-23-73-66(70)71)65(99)86-24-6-10-54(86)64(98)75-34-55(69)89)79-59(93)49(28-38-11-15-42(16-12-38)85(25-21-67)26-22-68)80-60(94)50(29-39-13-17-43(88)18-14-39)81-63(97)53(35-87)84-61(95)51(30-40-32-74-45-8-4-3-7-44(40)45)82-62(96)52(31-41-33-72-36-76-41)83-57(91)46-19-20-56(90)77-46/h3-4,7-8,11-18,32-33,36-37,46-54,74,87-88H,5-6,9-10,19-31,34-35H2,1-2H3,(H2,69,89)(H,72,76)(H,75,98)(H,77,90)(H,78,92)(H,79,93)(H,80,94)(H,81,97)(H,82,96)(H,83,91)(H,84,95)(H4,70,71,73). The number of aliphatic hydroxyl groups excluding tert-OH is 1. The number of imidazole rings is 1. The molecule has 534 valence electrons. The molecular formula is C66H88Cl2N18O13. The van der Waals surface area contributed by atoms with Gasteiger partial charge >= 0.3 is 0 Å². The van der Waals surface area contributed by atoms with Crippen LogP contribution < -0.4 is 70.0 Å². The summed E-state index contributed by atoms with van der Waals surface area (Å²) in [7, 11) is 0. The summed E-state index contributed by atoms with van der Waals surface area (Å²) in [6.45, 7) is 3.19. The summed E-state index contributed by atoms with van der Waals surface area (Å²) in [5, 5.41) is 45.9. The highest BCUT2D eigenvalue weighted by Crippen LogP contribution is 2.23. The van der Waals surface area contributed by atoms with Crippen LogP contribution >= 0.6 is 23.2 Å². The van der Waals surface area contributed by atoms with Gasteiger partial charge in [-0.2, -0.15) is 0 Å². The molecule has 0 aliphatic carbocycles. The van der Waals surface area contributed by atoms with Gasteiger partial charge in [-0.3, -0.25) is 57.7 Å². The number of guanidine groups is 1. The molecule has 19 N–H and O–H groups in total. The van der Waals surface area contributed by atoms with Crippen molar-refractivity contribution in [3.63, 3.8) is 0 Å². The molecule has 2 saturated heterocycles. The van der Waals surface area contributed by atoms with Gasteiger partial charge in [-0.25, -0.2) is 4.98 Å². The maximum absolute atomic E-state index is 15.2. The van der Waals surface area contributed by atoms with Crippen molar-refractivity contribution in [3.05, 3.63) is 114 Å². The number of nitrogens with one attached hydrogen (secondary N) is 11. The predicted octanol–water partition coefficient (Wildman–Crippen LogP) is -1.49. The molecule has 9 unspecified atom stereocenters. The van der Waals surface area contributed by atoms with Crippen LogP contribution in [-0.2, 0) is 78.4 Å². The minimum Gasteiger partial charge on any atom is -0.508 e. The smallest absolute Gasteiger partial charge is 0.245 e. The number of aliphatic hydroxyl groups is 1. The number of aromatic hydroxyl groups is 1. The molecule has 0 saturated carbocycles. The van der Waals surface area contributed by atoms with Gasteiger partial charge in [0.2, 0.25) is 65.0 Å². The molecule has 2 aromatic heterocycles. The number of nitrogens with zero attached hydrogens (tertiary/aromatic N) is 4. The van der Waals surface area contributed by atoms with Crippen LogP contribution in [0.5, 0.6) is 5.75 Å². The van der Waals surface area contributed by atoms with Gasteiger partial charge in [0.25, 0.3) is 0 Å². The average molecular weight is 1410 g/mol. The van der Waals surface area contributed by atoms with E-state index in [0.29, 0.717) is 52.8 Å². The molecule has 99 heavy (non-hydrogen) atoms. The predicted molar refractivity (Wildman–Crippen MR) is 368 cm³/mol. The van der Waals surface area contributed by atoms with Crippen molar-refractivity contribution in [2.75, 3.05) is 56.0 Å². The Balaban J connectivity index is 1.17. The number of rotatable bonds is 38. The number of aliphatic imine (C=N–C) groups is 1. The van der Waals surface area contributed by atoms with Gasteiger partial charge in [0.15, 0.2) is 5.96 Å². The molecule has 31 nitrogen and oxygen atoms in total. The van der Waals surface area contributed by atoms with Crippen molar-refractivity contribution in [2.45, 2.75) is 139 Å². The van der Waals surface area contributed by atoms with Crippen LogP contribution in [0, 0.1) is 5.92 Å². The quantitative estimate of drug-likeness (QED) is 0.00926. The fourth-order valence-electron chi connectivity index (χ4n) is 11.7. The van der Waals surface area contributed by atoms with Gasteiger partial charge in [-0.15, -0.1) is 23.2 Å². The lowest BCUT2D eigenvalue weighted by atomic mass is 9.99. The van der Waals surface area contributed by atoms with E-state index in [9.17, 15) is 53.4 Å². The van der Waals surface area contributed by atoms with E-state index >= 15 is 9.59 Å². The number of primary amides is 1. The van der Waals surface area contributed by atoms with E-state index in [1.807, 2.05) is 4.90 Å². The van der Waals surface area contributed by atoms with E-state index in [0.717, 1.165) is 5.69 Å². The molecule has 2 aliphatic heterocycles. The van der Waals surface area contributed by atoms with Crippen molar-refractivity contribution >= 4 is 111 Å². The average Bonchev–Trinajstić information content (AvgIpc) is 1.75. The van der Waals surface area contributed by atoms with Crippen molar-refractivity contribution in [1.82, 2.24) is 67.7 Å². The molecule has 2 fully saturated rings. The number of phenolic OH excluding ortho intramolecular Hbond substituents is 1. The van der Waals surface area contributed by atoms with Crippen LogP contribution in [0.15, 0.2) is 96.5 Å². The number of para-hydroxylation sites is 1. The number of likely N-dealkylation sites (tertiary alicyclic amines) is 1. The van der Waals surface area contributed by atoms with Gasteiger partial charge in [-0.1, -0.05) is 56.3 Å². The molecule has 33 heteroatoms. The highest BCUT2D eigenvalue weighted by atomic mass is 35.5. The maximum atomic E-state index is 15.2. The molecule has 0 spiro atoms. The number of carbonyl (C=O) groups excluding carboxylic acids is 11. The molecule has 11 amide bonds. The number of aromatic amines is 2. The summed E-state index contributed by atoms with van der Waals surface area (Å²) < 4.78 is 0. The SMILES string of the molecule is CC(C)CC(NC(=O)C(Cc1ccc(N(CCCl)CCCl)cc1)NC(=O)C(Cc1ccc(O)cc1)NC(=O)C(CO)NC(=O)C(Cc1c[nH]c2ccccc12)NC(=O)C(Cc1cnc[nH]1)NC(=O)C1CCC(=O)N1)C(=O)NC(CCCN=C(N)N)C(=O)N1CCCC1C(=O)NCC(N)=O. The Bertz CT molecular complexity index is 3620. The maximum Gasteiger partial charge on any atom is 0.245 e. The third-order valence-corrected chi connectivity index (χ3v) is 17.1. The minimum absolute atomic E-state index is 0.00441. The lowest BCUT2D eigenvalue weighted by molar-refractivity contribution is -0.142. The lowest BCUT2D eigenvalue weighted by Crippen LogP contribution is -2.61. The van der Waals surface area contributed by atoms with Crippen molar-refractivity contribution in [1.29, 1.82) is 0 Å². The summed E-state index contributed by atoms with van der Waals surface area (Å²) in [5.41, 5.74) is 19.8. The summed E-state index contributed by atoms with van der Waals surface area (Å²) in [4.78, 5) is 171. The van der Waals surface area contributed by atoms with Crippen molar-refractivity contribution in [2.24, 2.45) is 28.1 Å². The Labute approximate surface area is 581 Å². The molecule has 7 rings (SSSR count). The molecule has 0 bridgehead atoms. The number of anilines is 1. The summed E-state index contributed by atoms with van der Waals surface area (Å²) in [6, 6.07) is 7.43. The number of hydrogen-bond donors (Lipinski definition) is 16. The highest BCUT2D eigenvalue weighted by Gasteiger charge is 2.40. The van der Waals surface area contributed by atoms with E-state index in [2.05, 4.69) is 67.8 Å². The van der Waals surface area contributed by atoms with Crippen molar-refractivity contribution in [3.8, 4) is 5.75 Å². The first kappa shape index (κ1) is 76.4. The van der Waals surface area contributed by atoms with E-state index in [1.165, 1.54) is 41.7 Å². The van der Waals surface area contributed by atoms with E-state index < -0.39 is 127 Å². The summed E-state index contributed by atoms with van der Waals surface area (Å²) >= 11 is 12.3. The molecular weight excluding hydrogens is 1320 g/mol. The number of carbonyl (C=O) groups is 11. The molecule has 3 aromatic carbocycles. The first-order valence-electron chi connectivity index (χ1n) is 32.6. The van der Waals surface area contributed by atoms with Crippen molar-refractivity contribution < 1.29 is 63.0 Å². The van der Waals surface area contributed by atoms with Gasteiger partial charge < -0.3 is 95.0 Å². The largest absolute Gasteiger partial charge is 0.508 e. The number of alkyl halides is 2. The van der Waals surface area contributed by atoms with Crippen LogP contribution in [0.1, 0.15) is 81.2 Å². The van der Waals surface area contributed by atoms with E-state index in [-0.39, 0.29) is 113 Å². The molecule has 5 aromatic rings. The highest BCUT2D eigenvalue weighted by molar-refractivity contribution is 6.18. The Morgan fingerprint density at radius 1 is 0.687 bits per heavy atom. The van der Waals surface area contributed by atoms with Crippen LogP contribution in [0.4, 0.5) is 5.69 Å². The second-order valence-corrected chi connectivity index (χ2v) is 25.4. The lowest BCUT2D eigenvalue weighted by Gasteiger charge is -2.30. The van der Waals surface area contributed by atoms with Gasteiger partial charge in [0.1, 0.15) is 60.1 Å². The number of nitrogens with two attached hydrogens (primary N) is 3. The van der Waals surface area contributed by atoms with E-state index in [1.54, 1.807) is 68.6 Å². The van der Waals surface area contributed by atoms with E-state index in [4.69, 9.17) is 40.4 Å². The molecule has 0 radical (unpaired) electrons. The van der Waals surface area contributed by atoms with Gasteiger partial charge in [-0.05, 0) is 91.5 Å². The third kappa shape index (κ3) is 23.1. The number of phenols is 1. The molecule has 2 aliphatic rings. The number of aromatic nitrogens is 3. The zero-order valence-corrected chi connectivity index (χ0v) is 56.5. The second kappa shape index (κ2) is 37.6. The number of hydrogen-bond acceptors (Lipinski definition) is 16. The fourth-order valence-corrected chi connectivity index (χ4v) is 12.1. The summed E-state index contributed by atoms with van der Waals surface area (Å²) in [5.74, 6) is -8.60. The number of fused-ring (bicyclic) bond motifs is 1. The third-order valence-electron chi connectivity index (χ3n) is 16.7. The zero-order chi connectivity index (χ0) is 71.7. The molecule has 9 atom stereocenters. The van der Waals surface area contributed by atoms with Crippen LogP contribution in [0.2, 0.25) is 0 Å². The Kier molecular flexibility index (Phi) is 29.0.